The van der Waals surface area contributed by atoms with E-state index in [1.54, 1.807) is 0 Å². The molecule has 0 aliphatic carbocycles. The molecule has 1 rings (SSSR count). The third-order valence-corrected chi connectivity index (χ3v) is 3.93. The van der Waals surface area contributed by atoms with E-state index in [0.717, 1.165) is 0 Å². The molecule has 0 spiro atoms. The predicted octanol–water partition coefficient (Wildman–Crippen LogP) is 4.98. The number of rotatable bonds is 5. The van der Waals surface area contributed by atoms with Crippen LogP contribution in [0.25, 0.3) is 0 Å². The van der Waals surface area contributed by atoms with E-state index in [9.17, 15) is 0 Å². The van der Waals surface area contributed by atoms with Gasteiger partial charge in [0.2, 0.25) is 0 Å². The molecule has 0 bridgehead atoms. The number of nitrogens with zero attached hydrogens (tertiary/aromatic N) is 1. The highest BCUT2D eigenvalue weighted by Crippen LogP contribution is 2.25. The van der Waals surface area contributed by atoms with Gasteiger partial charge in [-0.05, 0) is 31.2 Å². The molecule has 1 aliphatic heterocycles. The van der Waals surface area contributed by atoms with Crippen LogP contribution in [0.3, 0.4) is 0 Å². The van der Waals surface area contributed by atoms with Gasteiger partial charge in [0.1, 0.15) is 0 Å². The molecule has 1 heterocycles. The van der Waals surface area contributed by atoms with Crippen molar-refractivity contribution in [1.82, 2.24) is 4.90 Å². The third kappa shape index (κ3) is 10.4. The fourth-order valence-corrected chi connectivity index (χ4v) is 2.01. The van der Waals surface area contributed by atoms with Crippen LogP contribution in [0.2, 0.25) is 0 Å². The molecule has 1 fully saturated rings. The minimum absolute atomic E-state index is 0.512. The van der Waals surface area contributed by atoms with Crippen molar-refractivity contribution in [3.63, 3.8) is 0 Å². The second kappa shape index (κ2) is 12.9. The van der Waals surface area contributed by atoms with Gasteiger partial charge < -0.3 is 9.64 Å². The molecule has 0 amide bonds. The molecule has 118 valence electrons. The van der Waals surface area contributed by atoms with Crippen molar-refractivity contribution in [3.05, 3.63) is 0 Å². The number of hydrogen-bond donors (Lipinski definition) is 0. The SMILES string of the molecule is CC.CC.CCC(C)(C)CCN1CCC(OC)CC1. The summed E-state index contributed by atoms with van der Waals surface area (Å²) in [4.78, 5) is 2.59. The Bertz CT molecular complexity index is 172. The number of methoxy groups -OCH3 is 1. The number of hydrogen-bond acceptors (Lipinski definition) is 2. The van der Waals surface area contributed by atoms with Crippen LogP contribution in [0.5, 0.6) is 0 Å². The number of likely N-dealkylation sites (tertiary alicyclic amines) is 1. The Morgan fingerprint density at radius 2 is 1.53 bits per heavy atom. The molecule has 0 aromatic rings. The molecule has 0 aromatic heterocycles. The second-order valence-corrected chi connectivity index (χ2v) is 5.54. The number of piperidine rings is 1. The maximum atomic E-state index is 5.38. The van der Waals surface area contributed by atoms with E-state index in [2.05, 4.69) is 25.7 Å². The van der Waals surface area contributed by atoms with Crippen molar-refractivity contribution in [2.24, 2.45) is 5.41 Å². The Hall–Kier alpha value is -0.0800. The van der Waals surface area contributed by atoms with Crippen molar-refractivity contribution in [2.75, 3.05) is 26.7 Å². The van der Waals surface area contributed by atoms with Gasteiger partial charge in [-0.25, -0.2) is 0 Å². The van der Waals surface area contributed by atoms with Gasteiger partial charge in [-0.2, -0.15) is 0 Å². The smallest absolute Gasteiger partial charge is 0.0595 e. The Morgan fingerprint density at radius 3 is 1.89 bits per heavy atom. The van der Waals surface area contributed by atoms with Crippen LogP contribution in [-0.2, 0) is 4.74 Å². The normalized spacial score (nSPS) is 17.1. The number of ether oxygens (including phenoxy) is 1. The molecule has 1 aliphatic rings. The average Bonchev–Trinajstić information content (AvgIpc) is 2.50. The zero-order valence-electron chi connectivity index (χ0n) is 14.9. The molecule has 0 aromatic carbocycles. The van der Waals surface area contributed by atoms with Crippen molar-refractivity contribution in [2.45, 2.75) is 80.3 Å². The lowest BCUT2D eigenvalue weighted by Crippen LogP contribution is -2.38. The molecule has 2 heteroatoms. The molecule has 0 atom stereocenters. The molecule has 0 unspecified atom stereocenters. The zero-order valence-corrected chi connectivity index (χ0v) is 14.9. The summed E-state index contributed by atoms with van der Waals surface area (Å²) in [7, 11) is 1.83. The molecular formula is C17H39NO. The lowest BCUT2D eigenvalue weighted by molar-refractivity contribution is 0.0377. The largest absolute Gasteiger partial charge is 0.381 e. The molecule has 0 saturated carbocycles. The quantitative estimate of drug-likeness (QED) is 0.701. The Kier molecular flexibility index (Phi) is 14.4. The molecule has 0 radical (unpaired) electrons. The van der Waals surface area contributed by atoms with Crippen LogP contribution in [0.1, 0.15) is 74.1 Å². The van der Waals surface area contributed by atoms with E-state index in [1.807, 2.05) is 34.8 Å². The first-order chi connectivity index (χ1) is 9.07. The monoisotopic (exact) mass is 273 g/mol. The standard InChI is InChI=1S/C13H27NO.2C2H6/c1-5-13(2,3)8-11-14-9-6-12(15-4)7-10-14;2*1-2/h12H,5-11H2,1-4H3;2*1-2H3. The van der Waals surface area contributed by atoms with Crippen LogP contribution < -0.4 is 0 Å². The van der Waals surface area contributed by atoms with Crippen LogP contribution >= 0.6 is 0 Å². The molecule has 1 saturated heterocycles. The molecule has 0 N–H and O–H groups in total. The van der Waals surface area contributed by atoms with Crippen molar-refractivity contribution in [3.8, 4) is 0 Å². The van der Waals surface area contributed by atoms with Gasteiger partial charge in [0.05, 0.1) is 6.10 Å². The Labute approximate surface area is 122 Å². The first-order valence-electron chi connectivity index (χ1n) is 8.32. The maximum absolute atomic E-state index is 5.38. The van der Waals surface area contributed by atoms with Crippen LogP contribution in [0.15, 0.2) is 0 Å². The first-order valence-corrected chi connectivity index (χ1v) is 8.32. The summed E-state index contributed by atoms with van der Waals surface area (Å²) in [5.41, 5.74) is 0.512. The van der Waals surface area contributed by atoms with E-state index >= 15 is 0 Å². The van der Waals surface area contributed by atoms with Crippen molar-refractivity contribution in [1.29, 1.82) is 0 Å². The van der Waals surface area contributed by atoms with Crippen LogP contribution in [0.4, 0.5) is 0 Å². The van der Waals surface area contributed by atoms with E-state index in [1.165, 1.54) is 45.3 Å². The summed E-state index contributed by atoms with van der Waals surface area (Å²) < 4.78 is 5.38. The summed E-state index contributed by atoms with van der Waals surface area (Å²) in [6, 6.07) is 0. The lowest BCUT2D eigenvalue weighted by Gasteiger charge is -2.33. The van der Waals surface area contributed by atoms with Gasteiger partial charge in [-0.15, -0.1) is 0 Å². The van der Waals surface area contributed by atoms with E-state index in [4.69, 9.17) is 4.74 Å². The van der Waals surface area contributed by atoms with Crippen molar-refractivity contribution >= 4 is 0 Å². The van der Waals surface area contributed by atoms with Crippen LogP contribution in [-0.4, -0.2) is 37.7 Å². The van der Waals surface area contributed by atoms with Crippen molar-refractivity contribution < 1.29 is 4.74 Å². The Balaban J connectivity index is 0. The lowest BCUT2D eigenvalue weighted by atomic mass is 9.86. The first kappa shape index (κ1) is 21.2. The second-order valence-electron chi connectivity index (χ2n) is 5.54. The highest BCUT2D eigenvalue weighted by molar-refractivity contribution is 4.75. The topological polar surface area (TPSA) is 12.5 Å². The maximum Gasteiger partial charge on any atom is 0.0595 e. The van der Waals surface area contributed by atoms with Crippen LogP contribution in [0, 0.1) is 5.41 Å². The van der Waals surface area contributed by atoms with Gasteiger partial charge in [-0.3, -0.25) is 0 Å². The summed E-state index contributed by atoms with van der Waals surface area (Å²) in [6.07, 6.45) is 5.54. The van der Waals surface area contributed by atoms with Gasteiger partial charge in [0.15, 0.2) is 0 Å². The molecule has 19 heavy (non-hydrogen) atoms. The van der Waals surface area contributed by atoms with E-state index in [-0.39, 0.29) is 0 Å². The van der Waals surface area contributed by atoms with E-state index < -0.39 is 0 Å². The predicted molar refractivity (Wildman–Crippen MR) is 87.9 cm³/mol. The molecular weight excluding hydrogens is 234 g/mol. The zero-order chi connectivity index (χ0) is 15.3. The summed E-state index contributed by atoms with van der Waals surface area (Å²) >= 11 is 0. The van der Waals surface area contributed by atoms with Gasteiger partial charge in [0, 0.05) is 20.2 Å². The highest BCUT2D eigenvalue weighted by atomic mass is 16.5. The fraction of sp³-hybridized carbons (Fsp3) is 1.00. The van der Waals surface area contributed by atoms with Gasteiger partial charge in [-0.1, -0.05) is 54.9 Å². The minimum Gasteiger partial charge on any atom is -0.381 e. The molecule has 2 nitrogen and oxygen atoms in total. The third-order valence-electron chi connectivity index (χ3n) is 3.93. The van der Waals surface area contributed by atoms with Gasteiger partial charge in [0.25, 0.3) is 0 Å². The highest BCUT2D eigenvalue weighted by Gasteiger charge is 2.21. The Morgan fingerprint density at radius 1 is 1.05 bits per heavy atom. The summed E-state index contributed by atoms with van der Waals surface area (Å²) in [5.74, 6) is 0. The van der Waals surface area contributed by atoms with Gasteiger partial charge >= 0.3 is 0 Å². The average molecular weight is 274 g/mol. The summed E-state index contributed by atoms with van der Waals surface area (Å²) in [6.45, 7) is 18.7. The van der Waals surface area contributed by atoms with E-state index in [0.29, 0.717) is 11.5 Å². The summed E-state index contributed by atoms with van der Waals surface area (Å²) in [5, 5.41) is 0. The minimum atomic E-state index is 0.512. The fourth-order valence-electron chi connectivity index (χ4n) is 2.01.